The molecule has 0 radical (unpaired) electrons. The monoisotopic (exact) mass is 415 g/mol. The lowest BCUT2D eigenvalue weighted by molar-refractivity contribution is -0.137. The molecule has 0 unspecified atom stereocenters. The van der Waals surface area contributed by atoms with Crippen molar-refractivity contribution in [3.8, 4) is 0 Å². The summed E-state index contributed by atoms with van der Waals surface area (Å²) in [6.07, 6.45) is -3.99. The molecule has 1 saturated heterocycles. The van der Waals surface area contributed by atoms with Gasteiger partial charge in [0, 0.05) is 15.8 Å². The average Bonchev–Trinajstić information content (AvgIpc) is 2.93. The maximum atomic E-state index is 12.8. The Morgan fingerprint density at radius 3 is 2.52 bits per heavy atom. The molecule has 2 aromatic rings. The predicted octanol–water partition coefficient (Wildman–Crippen LogP) is 4.24. The Labute approximate surface area is 159 Å². The van der Waals surface area contributed by atoms with E-state index in [1.807, 2.05) is 0 Å². The van der Waals surface area contributed by atoms with Crippen molar-refractivity contribution in [1.29, 1.82) is 0 Å². The SMILES string of the molecule is O=C(Nc1cccc(C(F)(F)F)c1)c1ccccc1S[C@H]1CCS(=O)(=O)C1. The highest BCUT2D eigenvalue weighted by Crippen LogP contribution is 2.34. The van der Waals surface area contributed by atoms with Crippen molar-refractivity contribution in [3.05, 3.63) is 59.7 Å². The van der Waals surface area contributed by atoms with Gasteiger partial charge in [-0.3, -0.25) is 4.79 Å². The van der Waals surface area contributed by atoms with Crippen LogP contribution in [0.1, 0.15) is 22.3 Å². The minimum absolute atomic E-state index is 0.0399. The smallest absolute Gasteiger partial charge is 0.322 e. The molecule has 0 bridgehead atoms. The number of anilines is 1. The zero-order chi connectivity index (χ0) is 19.7. The van der Waals surface area contributed by atoms with Gasteiger partial charge in [-0.2, -0.15) is 13.2 Å². The molecule has 144 valence electrons. The van der Waals surface area contributed by atoms with E-state index < -0.39 is 27.5 Å². The second-order valence-corrected chi connectivity index (χ2v) is 9.74. The van der Waals surface area contributed by atoms with Crippen LogP contribution in [0.25, 0.3) is 0 Å². The largest absolute Gasteiger partial charge is 0.416 e. The molecule has 0 spiro atoms. The molecule has 1 N–H and O–H groups in total. The highest BCUT2D eigenvalue weighted by atomic mass is 32.2. The second-order valence-electron chi connectivity index (χ2n) is 6.17. The van der Waals surface area contributed by atoms with Crippen LogP contribution in [0.2, 0.25) is 0 Å². The number of rotatable bonds is 4. The van der Waals surface area contributed by atoms with E-state index in [0.29, 0.717) is 16.9 Å². The van der Waals surface area contributed by atoms with Crippen LogP contribution in [0.3, 0.4) is 0 Å². The molecule has 4 nitrogen and oxygen atoms in total. The zero-order valence-corrected chi connectivity index (χ0v) is 15.6. The van der Waals surface area contributed by atoms with Gasteiger partial charge in [-0.25, -0.2) is 8.42 Å². The molecule has 1 aliphatic heterocycles. The Morgan fingerprint density at radius 1 is 1.11 bits per heavy atom. The van der Waals surface area contributed by atoms with E-state index >= 15 is 0 Å². The molecule has 1 amide bonds. The van der Waals surface area contributed by atoms with Crippen LogP contribution < -0.4 is 5.32 Å². The van der Waals surface area contributed by atoms with Crippen LogP contribution in [0.4, 0.5) is 18.9 Å². The highest BCUT2D eigenvalue weighted by molar-refractivity contribution is 8.02. The van der Waals surface area contributed by atoms with E-state index in [2.05, 4.69) is 5.32 Å². The van der Waals surface area contributed by atoms with Crippen molar-refractivity contribution in [2.75, 3.05) is 16.8 Å². The Balaban J connectivity index is 1.78. The number of hydrogen-bond acceptors (Lipinski definition) is 4. The van der Waals surface area contributed by atoms with Gasteiger partial charge in [0.1, 0.15) is 0 Å². The lowest BCUT2D eigenvalue weighted by Crippen LogP contribution is -2.15. The number of nitrogens with one attached hydrogen (secondary N) is 1. The molecule has 1 fully saturated rings. The third kappa shape index (κ3) is 5.04. The van der Waals surface area contributed by atoms with Crippen LogP contribution in [-0.4, -0.2) is 31.1 Å². The summed E-state index contributed by atoms with van der Waals surface area (Å²) >= 11 is 1.31. The molecule has 0 saturated carbocycles. The Kier molecular flexibility index (Phi) is 5.53. The van der Waals surface area contributed by atoms with Gasteiger partial charge in [-0.1, -0.05) is 18.2 Å². The van der Waals surface area contributed by atoms with E-state index in [0.717, 1.165) is 12.1 Å². The van der Waals surface area contributed by atoms with E-state index in [1.165, 1.54) is 23.9 Å². The number of carbonyl (C=O) groups is 1. The van der Waals surface area contributed by atoms with Gasteiger partial charge in [0.05, 0.1) is 22.6 Å². The quantitative estimate of drug-likeness (QED) is 0.812. The summed E-state index contributed by atoms with van der Waals surface area (Å²) in [6.45, 7) is 0. The van der Waals surface area contributed by atoms with Crippen molar-refractivity contribution in [2.24, 2.45) is 0 Å². The van der Waals surface area contributed by atoms with Gasteiger partial charge in [0.2, 0.25) is 0 Å². The van der Waals surface area contributed by atoms with Crippen LogP contribution in [0, 0.1) is 0 Å². The van der Waals surface area contributed by atoms with Gasteiger partial charge in [0.15, 0.2) is 9.84 Å². The number of benzene rings is 2. The minimum atomic E-state index is -4.50. The van der Waals surface area contributed by atoms with Gasteiger partial charge in [0.25, 0.3) is 5.91 Å². The summed E-state index contributed by atoms with van der Waals surface area (Å²) < 4.78 is 61.7. The van der Waals surface area contributed by atoms with E-state index in [9.17, 15) is 26.4 Å². The molecule has 1 atom stereocenters. The molecule has 1 aliphatic rings. The van der Waals surface area contributed by atoms with Crippen LogP contribution in [-0.2, 0) is 16.0 Å². The number of carbonyl (C=O) groups excluding carboxylic acids is 1. The fourth-order valence-corrected chi connectivity index (χ4v) is 6.39. The Bertz CT molecular complexity index is 958. The fourth-order valence-electron chi connectivity index (χ4n) is 2.76. The maximum Gasteiger partial charge on any atom is 0.416 e. The van der Waals surface area contributed by atoms with Crippen molar-refractivity contribution in [3.63, 3.8) is 0 Å². The summed E-state index contributed by atoms with van der Waals surface area (Å²) in [4.78, 5) is 13.2. The van der Waals surface area contributed by atoms with Crippen LogP contribution in [0.5, 0.6) is 0 Å². The van der Waals surface area contributed by atoms with Crippen molar-refractivity contribution in [2.45, 2.75) is 22.7 Å². The van der Waals surface area contributed by atoms with Crippen molar-refractivity contribution in [1.82, 2.24) is 0 Å². The van der Waals surface area contributed by atoms with E-state index in [4.69, 9.17) is 0 Å². The lowest BCUT2D eigenvalue weighted by atomic mass is 10.1. The first kappa shape index (κ1) is 19.8. The third-order valence-electron chi connectivity index (χ3n) is 4.06. The Morgan fingerprint density at radius 2 is 1.85 bits per heavy atom. The zero-order valence-electron chi connectivity index (χ0n) is 14.0. The summed E-state index contributed by atoms with van der Waals surface area (Å²) in [7, 11) is -3.04. The first-order chi connectivity index (χ1) is 12.6. The number of alkyl halides is 3. The van der Waals surface area contributed by atoms with E-state index in [1.54, 1.807) is 24.3 Å². The number of amides is 1. The molecule has 0 aliphatic carbocycles. The topological polar surface area (TPSA) is 63.2 Å². The summed E-state index contributed by atoms with van der Waals surface area (Å²) in [5, 5.41) is 2.34. The average molecular weight is 415 g/mol. The number of thioether (sulfide) groups is 1. The minimum Gasteiger partial charge on any atom is -0.322 e. The predicted molar refractivity (Wildman–Crippen MR) is 98.8 cm³/mol. The first-order valence-corrected chi connectivity index (χ1v) is 10.8. The summed E-state index contributed by atoms with van der Waals surface area (Å²) in [5.74, 6) is -0.358. The summed E-state index contributed by atoms with van der Waals surface area (Å²) in [5.41, 5.74) is -0.513. The molecule has 3 rings (SSSR count). The fraction of sp³-hybridized carbons (Fsp3) is 0.278. The second kappa shape index (κ2) is 7.55. The number of halogens is 3. The standard InChI is InChI=1S/C18H16F3NO3S2/c19-18(20,21)12-4-3-5-13(10-12)22-17(23)15-6-1-2-7-16(15)26-14-8-9-27(24,25)11-14/h1-7,10,14H,8-9,11H2,(H,22,23)/t14-/m0/s1. The van der Waals surface area contributed by atoms with Gasteiger partial charge >= 0.3 is 6.18 Å². The summed E-state index contributed by atoms with van der Waals surface area (Å²) in [6, 6.07) is 11.1. The van der Waals surface area contributed by atoms with Crippen LogP contribution in [0.15, 0.2) is 53.4 Å². The van der Waals surface area contributed by atoms with E-state index in [-0.39, 0.29) is 22.4 Å². The molecule has 27 heavy (non-hydrogen) atoms. The molecular formula is C18H16F3NO3S2. The van der Waals surface area contributed by atoms with Gasteiger partial charge in [-0.15, -0.1) is 11.8 Å². The Hall–Kier alpha value is -2.00. The van der Waals surface area contributed by atoms with Crippen molar-refractivity contribution >= 4 is 33.2 Å². The first-order valence-electron chi connectivity index (χ1n) is 8.09. The third-order valence-corrected chi connectivity index (χ3v) is 7.39. The normalized spacial score (nSPS) is 19.0. The van der Waals surface area contributed by atoms with Gasteiger partial charge in [-0.05, 0) is 36.8 Å². The molecular weight excluding hydrogens is 399 g/mol. The lowest BCUT2D eigenvalue weighted by Gasteiger charge is -2.13. The van der Waals surface area contributed by atoms with Crippen molar-refractivity contribution < 1.29 is 26.4 Å². The van der Waals surface area contributed by atoms with Crippen LogP contribution >= 0.6 is 11.8 Å². The molecule has 9 heteroatoms. The molecule has 1 heterocycles. The number of sulfone groups is 1. The number of hydrogen-bond donors (Lipinski definition) is 1. The maximum absolute atomic E-state index is 12.8. The molecule has 0 aromatic heterocycles. The van der Waals surface area contributed by atoms with Gasteiger partial charge < -0.3 is 5.32 Å². The molecule has 2 aromatic carbocycles. The highest BCUT2D eigenvalue weighted by Gasteiger charge is 2.31.